The van der Waals surface area contributed by atoms with E-state index in [2.05, 4.69) is 24.4 Å². The van der Waals surface area contributed by atoms with E-state index in [9.17, 15) is 0 Å². The first-order valence-corrected chi connectivity index (χ1v) is 5.98. The quantitative estimate of drug-likeness (QED) is 0.830. The van der Waals surface area contributed by atoms with Gasteiger partial charge in [0.05, 0.1) is 0 Å². The first kappa shape index (κ1) is 11.0. The van der Waals surface area contributed by atoms with Crippen LogP contribution in [0.2, 0.25) is 5.02 Å². The molecule has 0 saturated heterocycles. The zero-order valence-electron chi connectivity index (χ0n) is 9.39. The number of rotatable bonds is 3. The monoisotopic (exact) mass is 223 g/mol. The second kappa shape index (κ2) is 4.15. The van der Waals surface area contributed by atoms with Gasteiger partial charge in [0, 0.05) is 17.0 Å². The molecule has 0 aliphatic heterocycles. The van der Waals surface area contributed by atoms with Crippen molar-refractivity contribution in [3.05, 3.63) is 34.9 Å². The normalized spacial score (nSPS) is 29.9. The molecule has 0 amide bonds. The van der Waals surface area contributed by atoms with E-state index in [-0.39, 0.29) is 5.41 Å². The average molecular weight is 224 g/mol. The third-order valence-electron chi connectivity index (χ3n) is 3.87. The smallest absolute Gasteiger partial charge is 0.0444 e. The van der Waals surface area contributed by atoms with Crippen LogP contribution in [0, 0.1) is 5.92 Å². The molecule has 1 N–H and O–H groups in total. The van der Waals surface area contributed by atoms with E-state index in [1.165, 1.54) is 18.4 Å². The molecule has 1 fully saturated rings. The predicted octanol–water partition coefficient (Wildman–Crippen LogP) is 3.23. The summed E-state index contributed by atoms with van der Waals surface area (Å²) in [6.45, 7) is 3.35. The molecule has 0 spiro atoms. The van der Waals surface area contributed by atoms with Gasteiger partial charge in [-0.05, 0) is 37.4 Å². The molecule has 1 aromatic rings. The van der Waals surface area contributed by atoms with Crippen molar-refractivity contribution in [1.29, 1.82) is 0 Å². The van der Waals surface area contributed by atoms with E-state index < -0.39 is 0 Å². The highest BCUT2D eigenvalue weighted by Crippen LogP contribution is 2.50. The lowest BCUT2D eigenvalue weighted by Gasteiger charge is -2.49. The van der Waals surface area contributed by atoms with Crippen LogP contribution in [-0.2, 0) is 5.41 Å². The molecule has 0 heterocycles. The van der Waals surface area contributed by atoms with Crippen LogP contribution in [0.15, 0.2) is 24.3 Å². The van der Waals surface area contributed by atoms with Crippen LogP contribution in [-0.4, -0.2) is 13.6 Å². The fourth-order valence-electron chi connectivity index (χ4n) is 2.72. The Balaban J connectivity index is 2.37. The fourth-order valence-corrected chi connectivity index (χ4v) is 3.04. The van der Waals surface area contributed by atoms with Crippen molar-refractivity contribution >= 4 is 11.6 Å². The Labute approximate surface area is 96.8 Å². The molecule has 2 atom stereocenters. The zero-order valence-corrected chi connectivity index (χ0v) is 10.1. The third kappa shape index (κ3) is 1.68. The van der Waals surface area contributed by atoms with E-state index in [0.717, 1.165) is 17.5 Å². The van der Waals surface area contributed by atoms with Gasteiger partial charge in [-0.2, -0.15) is 0 Å². The van der Waals surface area contributed by atoms with Crippen LogP contribution >= 0.6 is 11.6 Å². The molecule has 1 saturated carbocycles. The summed E-state index contributed by atoms with van der Waals surface area (Å²) < 4.78 is 0. The van der Waals surface area contributed by atoms with Gasteiger partial charge in [-0.1, -0.05) is 36.7 Å². The largest absolute Gasteiger partial charge is 0.319 e. The molecule has 2 heteroatoms. The summed E-state index contributed by atoms with van der Waals surface area (Å²) in [6, 6.07) is 8.26. The summed E-state index contributed by atoms with van der Waals surface area (Å²) in [6.07, 6.45) is 2.56. The lowest BCUT2D eigenvalue weighted by Crippen LogP contribution is -2.49. The number of nitrogens with one attached hydrogen (secondary N) is 1. The van der Waals surface area contributed by atoms with E-state index in [1.807, 2.05) is 19.2 Å². The first-order valence-electron chi connectivity index (χ1n) is 5.60. The average Bonchev–Trinajstić information content (AvgIpc) is 2.25. The van der Waals surface area contributed by atoms with E-state index in [1.54, 1.807) is 0 Å². The highest BCUT2D eigenvalue weighted by atomic mass is 35.5. The van der Waals surface area contributed by atoms with E-state index in [4.69, 9.17) is 11.6 Å². The van der Waals surface area contributed by atoms with Gasteiger partial charge in [-0.25, -0.2) is 0 Å². The fraction of sp³-hybridized carbons (Fsp3) is 0.538. The molecule has 1 aromatic carbocycles. The van der Waals surface area contributed by atoms with Gasteiger partial charge in [-0.15, -0.1) is 0 Å². The molecule has 15 heavy (non-hydrogen) atoms. The summed E-state index contributed by atoms with van der Waals surface area (Å²) >= 11 is 6.29. The van der Waals surface area contributed by atoms with Gasteiger partial charge in [0.1, 0.15) is 0 Å². The van der Waals surface area contributed by atoms with Gasteiger partial charge >= 0.3 is 0 Å². The van der Waals surface area contributed by atoms with Gasteiger partial charge in [0.25, 0.3) is 0 Å². The van der Waals surface area contributed by atoms with Crippen LogP contribution in [0.1, 0.15) is 25.3 Å². The van der Waals surface area contributed by atoms with Crippen LogP contribution in [0.4, 0.5) is 0 Å². The second-order valence-corrected chi connectivity index (χ2v) is 5.01. The molecule has 1 aliphatic rings. The molecule has 0 bridgehead atoms. The summed E-state index contributed by atoms with van der Waals surface area (Å²) in [5, 5.41) is 4.22. The van der Waals surface area contributed by atoms with Gasteiger partial charge in [0.2, 0.25) is 0 Å². The van der Waals surface area contributed by atoms with Gasteiger partial charge in [-0.3, -0.25) is 0 Å². The standard InChI is InChI=1S/C13H18ClN/c1-10-7-8-13(10,9-15-2)11-5-3-4-6-12(11)14/h3-6,10,15H,7-9H2,1-2H3. The molecule has 82 valence electrons. The topological polar surface area (TPSA) is 12.0 Å². The van der Waals surface area contributed by atoms with Crippen molar-refractivity contribution in [3.8, 4) is 0 Å². The highest BCUT2D eigenvalue weighted by Gasteiger charge is 2.45. The Morgan fingerprint density at radius 3 is 2.67 bits per heavy atom. The Bertz CT molecular complexity index is 350. The van der Waals surface area contributed by atoms with Crippen molar-refractivity contribution in [2.45, 2.75) is 25.2 Å². The number of hydrogen-bond donors (Lipinski definition) is 1. The highest BCUT2D eigenvalue weighted by molar-refractivity contribution is 6.31. The third-order valence-corrected chi connectivity index (χ3v) is 4.20. The Kier molecular flexibility index (Phi) is 3.03. The SMILES string of the molecule is CNCC1(c2ccccc2Cl)CCC1C. The molecule has 1 nitrogen and oxygen atoms in total. The minimum Gasteiger partial charge on any atom is -0.319 e. The maximum Gasteiger partial charge on any atom is 0.0444 e. The Morgan fingerprint density at radius 1 is 1.47 bits per heavy atom. The van der Waals surface area contributed by atoms with Crippen molar-refractivity contribution in [3.63, 3.8) is 0 Å². The molecule has 2 rings (SSSR count). The van der Waals surface area contributed by atoms with E-state index >= 15 is 0 Å². The lowest BCUT2D eigenvalue weighted by atomic mass is 9.57. The maximum absolute atomic E-state index is 6.29. The van der Waals surface area contributed by atoms with Crippen LogP contribution in [0.3, 0.4) is 0 Å². The first-order chi connectivity index (χ1) is 7.20. The lowest BCUT2D eigenvalue weighted by molar-refractivity contribution is 0.137. The van der Waals surface area contributed by atoms with Crippen LogP contribution in [0.25, 0.3) is 0 Å². The summed E-state index contributed by atoms with van der Waals surface area (Å²) in [7, 11) is 2.02. The van der Waals surface area contributed by atoms with E-state index in [0.29, 0.717) is 0 Å². The molecule has 0 radical (unpaired) electrons. The minimum atomic E-state index is 0.271. The molecule has 2 unspecified atom stereocenters. The second-order valence-electron chi connectivity index (χ2n) is 4.61. The van der Waals surface area contributed by atoms with Crippen molar-refractivity contribution in [1.82, 2.24) is 5.32 Å². The molecular formula is C13H18ClN. The predicted molar refractivity (Wildman–Crippen MR) is 65.5 cm³/mol. The van der Waals surface area contributed by atoms with Crippen molar-refractivity contribution in [2.24, 2.45) is 5.92 Å². The number of hydrogen-bond acceptors (Lipinski definition) is 1. The zero-order chi connectivity index (χ0) is 10.9. The van der Waals surface area contributed by atoms with Crippen molar-refractivity contribution < 1.29 is 0 Å². The summed E-state index contributed by atoms with van der Waals surface area (Å²) in [5.41, 5.74) is 1.59. The summed E-state index contributed by atoms with van der Waals surface area (Å²) in [5.74, 6) is 0.727. The van der Waals surface area contributed by atoms with Gasteiger partial charge in [0.15, 0.2) is 0 Å². The Morgan fingerprint density at radius 2 is 2.20 bits per heavy atom. The Hall–Kier alpha value is -0.530. The minimum absolute atomic E-state index is 0.271. The van der Waals surface area contributed by atoms with Gasteiger partial charge < -0.3 is 5.32 Å². The molecule has 1 aliphatic carbocycles. The molecular weight excluding hydrogens is 206 g/mol. The number of benzene rings is 1. The van der Waals surface area contributed by atoms with Crippen LogP contribution in [0.5, 0.6) is 0 Å². The number of halogens is 1. The van der Waals surface area contributed by atoms with Crippen LogP contribution < -0.4 is 5.32 Å². The molecule has 0 aromatic heterocycles. The number of likely N-dealkylation sites (N-methyl/N-ethyl adjacent to an activating group) is 1. The summed E-state index contributed by atoms with van der Waals surface area (Å²) in [4.78, 5) is 0. The maximum atomic E-state index is 6.29. The van der Waals surface area contributed by atoms with Crippen molar-refractivity contribution in [2.75, 3.05) is 13.6 Å².